The number of carboxylic acids is 1. The summed E-state index contributed by atoms with van der Waals surface area (Å²) in [5.74, 6) is -1.15. The van der Waals surface area contributed by atoms with Gasteiger partial charge in [-0.3, -0.25) is 14.3 Å². The maximum Gasteiger partial charge on any atom is 0.395 e. The molecule has 0 amide bonds. The summed E-state index contributed by atoms with van der Waals surface area (Å²) in [6.45, 7) is 2.74. The van der Waals surface area contributed by atoms with Gasteiger partial charge < -0.3 is 19.8 Å². The number of hydrogen-bond acceptors (Lipinski definition) is 8. The summed E-state index contributed by atoms with van der Waals surface area (Å²) in [6.07, 6.45) is 1.92. The van der Waals surface area contributed by atoms with Crippen molar-refractivity contribution in [3.63, 3.8) is 0 Å². The molecule has 2 rings (SSSR count). The van der Waals surface area contributed by atoms with Crippen LogP contribution in [0.3, 0.4) is 0 Å². The van der Waals surface area contributed by atoms with Crippen LogP contribution in [0.5, 0.6) is 17.2 Å². The Hall–Kier alpha value is -3.03. The first-order valence-electron chi connectivity index (χ1n) is 7.76. The second kappa shape index (κ2) is 9.07. The molecule has 0 saturated heterocycles. The van der Waals surface area contributed by atoms with Crippen LogP contribution in [-0.2, 0) is 11.4 Å². The topological polar surface area (TPSA) is 141 Å². The van der Waals surface area contributed by atoms with Crippen LogP contribution in [0, 0.1) is 6.92 Å². The lowest BCUT2D eigenvalue weighted by molar-refractivity contribution is -0.169. The number of benzene rings is 1. The van der Waals surface area contributed by atoms with E-state index >= 15 is 0 Å². The summed E-state index contributed by atoms with van der Waals surface area (Å²) in [4.78, 5) is 37.9. The van der Waals surface area contributed by atoms with Gasteiger partial charge in [0.2, 0.25) is 5.75 Å². The molecule has 0 aliphatic heterocycles. The van der Waals surface area contributed by atoms with E-state index < -0.39 is 20.2 Å². The number of aldehydes is 1. The van der Waals surface area contributed by atoms with Crippen molar-refractivity contribution in [1.29, 1.82) is 0 Å². The maximum absolute atomic E-state index is 11.9. The minimum Gasteiger partial charge on any atom is -0.575 e. The summed E-state index contributed by atoms with van der Waals surface area (Å²) in [5, 5.41) is 18.7. The zero-order chi connectivity index (χ0) is 20.0. The van der Waals surface area contributed by atoms with E-state index in [0.29, 0.717) is 17.5 Å². The Balaban J connectivity index is 2.19. The molecule has 1 unspecified atom stereocenters. The maximum atomic E-state index is 11.9. The first kappa shape index (κ1) is 20.3. The Kier molecular flexibility index (Phi) is 6.81. The molecule has 0 aliphatic carbocycles. The van der Waals surface area contributed by atoms with Gasteiger partial charge in [-0.15, -0.1) is 0 Å². The van der Waals surface area contributed by atoms with Crippen molar-refractivity contribution in [2.24, 2.45) is 4.74 Å². The lowest BCUT2D eigenvalue weighted by Crippen LogP contribution is -2.13. The molecule has 0 bridgehead atoms. The number of aryl methyl sites for hydroxylation is 1. The van der Waals surface area contributed by atoms with Crippen molar-refractivity contribution < 1.29 is 34.0 Å². The third kappa shape index (κ3) is 5.22. The average Bonchev–Trinajstić information content (AvgIpc) is 2.63. The molecule has 0 fully saturated rings. The van der Waals surface area contributed by atoms with E-state index in [9.17, 15) is 19.6 Å². The van der Waals surface area contributed by atoms with Gasteiger partial charge in [-0.2, -0.15) is 0 Å². The van der Waals surface area contributed by atoms with Crippen molar-refractivity contribution in [3.8, 4) is 17.2 Å². The van der Waals surface area contributed by atoms with Crippen LogP contribution in [0.25, 0.3) is 0 Å². The highest BCUT2D eigenvalue weighted by Crippen LogP contribution is 2.34. The van der Waals surface area contributed by atoms with E-state index in [1.54, 1.807) is 25.1 Å². The fraction of sp³-hybridized carbons (Fsp3) is 0.235. The van der Waals surface area contributed by atoms with E-state index in [1.807, 2.05) is 0 Å². The number of rotatable bonds is 8. The number of aromatic hydroxyl groups is 1. The van der Waals surface area contributed by atoms with Crippen LogP contribution in [0.4, 0.5) is 0 Å². The molecule has 2 atom stereocenters. The van der Waals surface area contributed by atoms with Gasteiger partial charge in [-0.1, -0.05) is 16.9 Å². The SMILES string of the molecule is Cc1ncc(COc2ccccc2O[P+]([O-])=N[C@@H](C)C(=O)O)c(C=O)c1O. The van der Waals surface area contributed by atoms with E-state index in [1.165, 1.54) is 19.2 Å². The molecule has 9 nitrogen and oxygen atoms in total. The largest absolute Gasteiger partial charge is 0.575 e. The van der Waals surface area contributed by atoms with Gasteiger partial charge in [0.15, 0.2) is 18.1 Å². The normalized spacial score (nSPS) is 12.3. The summed E-state index contributed by atoms with van der Waals surface area (Å²) < 4.78 is 14.3. The zero-order valence-corrected chi connectivity index (χ0v) is 15.4. The molecule has 1 aromatic carbocycles. The van der Waals surface area contributed by atoms with Gasteiger partial charge in [0, 0.05) is 11.8 Å². The molecule has 2 aromatic rings. The summed E-state index contributed by atoms with van der Waals surface area (Å²) >= 11 is 0. The highest BCUT2D eigenvalue weighted by molar-refractivity contribution is 7.34. The number of pyridine rings is 1. The van der Waals surface area contributed by atoms with Crippen molar-refractivity contribution >= 4 is 20.4 Å². The summed E-state index contributed by atoms with van der Waals surface area (Å²) in [5.41, 5.74) is 0.740. The number of carbonyl (C=O) groups is 2. The number of aromatic nitrogens is 1. The van der Waals surface area contributed by atoms with Crippen LogP contribution in [-0.4, -0.2) is 33.5 Å². The van der Waals surface area contributed by atoms with Crippen LogP contribution in [0.2, 0.25) is 0 Å². The Morgan fingerprint density at radius 2 is 2.07 bits per heavy atom. The molecule has 1 aromatic heterocycles. The molecule has 1 heterocycles. The predicted octanol–water partition coefficient (Wildman–Crippen LogP) is 2.19. The van der Waals surface area contributed by atoms with Gasteiger partial charge in [0.05, 0.1) is 11.3 Å². The fourth-order valence-corrected chi connectivity index (χ4v) is 2.75. The van der Waals surface area contributed by atoms with E-state index in [4.69, 9.17) is 14.4 Å². The van der Waals surface area contributed by atoms with E-state index in [0.717, 1.165) is 0 Å². The highest BCUT2D eigenvalue weighted by atomic mass is 31.1. The Morgan fingerprint density at radius 1 is 1.41 bits per heavy atom. The minimum absolute atomic E-state index is 0.0669. The molecule has 142 valence electrons. The van der Waals surface area contributed by atoms with Gasteiger partial charge >= 0.3 is 14.1 Å². The number of hydrogen-bond donors (Lipinski definition) is 2. The van der Waals surface area contributed by atoms with Gasteiger partial charge in [-0.25, -0.2) is 4.79 Å². The van der Waals surface area contributed by atoms with Crippen LogP contribution >= 0.6 is 8.17 Å². The number of ether oxygens (including phenoxy) is 1. The Morgan fingerprint density at radius 3 is 2.70 bits per heavy atom. The first-order chi connectivity index (χ1) is 12.8. The van der Waals surface area contributed by atoms with Crippen molar-refractivity contribution in [2.75, 3.05) is 0 Å². The summed E-state index contributed by atoms with van der Waals surface area (Å²) in [6, 6.07) is 5.11. The molecule has 0 spiro atoms. The molecule has 10 heteroatoms. The quantitative estimate of drug-likeness (QED) is 0.514. The van der Waals surface area contributed by atoms with Crippen LogP contribution in [0.1, 0.15) is 28.5 Å². The monoisotopic (exact) mass is 392 g/mol. The predicted molar refractivity (Wildman–Crippen MR) is 93.9 cm³/mol. The third-order valence-electron chi connectivity index (χ3n) is 3.51. The Bertz CT molecular complexity index is 886. The molecule has 0 aliphatic rings. The smallest absolute Gasteiger partial charge is 0.395 e. The molecule has 0 radical (unpaired) electrons. The third-order valence-corrected chi connectivity index (χ3v) is 4.40. The minimum atomic E-state index is -2.62. The van der Waals surface area contributed by atoms with Crippen molar-refractivity contribution in [1.82, 2.24) is 4.98 Å². The first-order valence-corrected chi connectivity index (χ1v) is 8.89. The molecular weight excluding hydrogens is 375 g/mol. The Labute approximate surface area is 155 Å². The van der Waals surface area contributed by atoms with Gasteiger partial charge in [0.1, 0.15) is 12.4 Å². The lowest BCUT2D eigenvalue weighted by Gasteiger charge is -2.11. The molecular formula is C17H17N2O7P. The molecule has 27 heavy (non-hydrogen) atoms. The standard InChI is InChI=1S/C17H17N2O7P/c1-10-16(21)13(8-20)12(7-18-10)9-25-14-5-3-4-6-15(14)26-27(24)19-11(2)17(22)23/h3-8,11,21H,9H2,1-2H3,(H,22,23)/t11-/m0/s1. The van der Waals surface area contributed by atoms with E-state index in [2.05, 4.69) is 9.73 Å². The van der Waals surface area contributed by atoms with Gasteiger partial charge in [-0.05, 0) is 26.0 Å². The second-order valence-electron chi connectivity index (χ2n) is 5.44. The average molecular weight is 392 g/mol. The second-order valence-corrected chi connectivity index (χ2v) is 6.33. The number of nitrogens with zero attached hydrogens (tertiary/aromatic N) is 2. The number of carbonyl (C=O) groups excluding carboxylic acids is 1. The van der Waals surface area contributed by atoms with Crippen molar-refractivity contribution in [3.05, 3.63) is 47.3 Å². The summed E-state index contributed by atoms with van der Waals surface area (Å²) in [7, 11) is -2.62. The van der Waals surface area contributed by atoms with Gasteiger partial charge in [0.25, 0.3) is 0 Å². The number of para-hydroxylation sites is 2. The lowest BCUT2D eigenvalue weighted by atomic mass is 10.1. The van der Waals surface area contributed by atoms with Crippen LogP contribution in [0.15, 0.2) is 35.2 Å². The molecule has 2 N–H and O–H groups in total. The molecule has 0 saturated carbocycles. The zero-order valence-electron chi connectivity index (χ0n) is 14.5. The number of carboxylic acid groups (broad SMARTS) is 1. The fourth-order valence-electron chi connectivity index (χ4n) is 2.00. The highest BCUT2D eigenvalue weighted by Gasteiger charge is 2.18. The van der Waals surface area contributed by atoms with Crippen molar-refractivity contribution in [2.45, 2.75) is 26.5 Å². The van der Waals surface area contributed by atoms with E-state index in [-0.39, 0.29) is 29.4 Å². The number of aliphatic carboxylic acids is 1. The van der Waals surface area contributed by atoms with Crippen LogP contribution < -0.4 is 14.2 Å².